The average Bonchev–Trinajstić information content (AvgIpc) is 2.90. The van der Waals surface area contributed by atoms with Crippen LogP contribution in [0.3, 0.4) is 0 Å². The highest BCUT2D eigenvalue weighted by Crippen LogP contribution is 2.41. The van der Waals surface area contributed by atoms with Crippen LogP contribution in [0.2, 0.25) is 0 Å². The predicted molar refractivity (Wildman–Crippen MR) is 98.3 cm³/mol. The van der Waals surface area contributed by atoms with Gasteiger partial charge in [-0.25, -0.2) is 13.5 Å². The molecule has 27 heavy (non-hydrogen) atoms. The van der Waals surface area contributed by atoms with Crippen LogP contribution in [0.4, 0.5) is 8.78 Å². The molecule has 1 heterocycles. The summed E-state index contributed by atoms with van der Waals surface area (Å²) in [6.45, 7) is 5.70. The second kappa shape index (κ2) is 7.21. The summed E-state index contributed by atoms with van der Waals surface area (Å²) in [5.41, 5.74) is 1.74. The van der Waals surface area contributed by atoms with E-state index in [1.807, 2.05) is 20.8 Å². The number of ether oxygens (including phenoxy) is 1. The standard InChI is InChI=1S/C21H22F2N2O2/c1-13-14(2)24-25(15(13)3)20(27-4)21(26,16-5-9-18(22)10-6-16)17-7-11-19(23)12-8-17/h5-12,20,26H,1-4H3. The molecule has 4 nitrogen and oxygen atoms in total. The summed E-state index contributed by atoms with van der Waals surface area (Å²) in [6, 6.07) is 11.0. The molecule has 0 fully saturated rings. The van der Waals surface area contributed by atoms with Crippen molar-refractivity contribution in [2.75, 3.05) is 7.11 Å². The molecule has 0 saturated heterocycles. The number of halogens is 2. The Hall–Kier alpha value is -2.57. The molecule has 3 rings (SSSR count). The molecule has 0 radical (unpaired) electrons. The van der Waals surface area contributed by atoms with Crippen molar-refractivity contribution in [3.05, 3.63) is 88.2 Å². The van der Waals surface area contributed by atoms with Crippen molar-refractivity contribution in [1.82, 2.24) is 9.78 Å². The minimum atomic E-state index is -1.72. The number of nitrogens with zero attached hydrogens (tertiary/aromatic N) is 2. The van der Waals surface area contributed by atoms with Gasteiger partial charge < -0.3 is 9.84 Å². The summed E-state index contributed by atoms with van der Waals surface area (Å²) in [5.74, 6) is -0.840. The van der Waals surface area contributed by atoms with Gasteiger partial charge in [0.25, 0.3) is 0 Å². The van der Waals surface area contributed by atoms with Crippen molar-refractivity contribution in [1.29, 1.82) is 0 Å². The highest BCUT2D eigenvalue weighted by Gasteiger charge is 2.43. The van der Waals surface area contributed by atoms with Gasteiger partial charge in [-0.3, -0.25) is 0 Å². The van der Waals surface area contributed by atoms with Gasteiger partial charge in [-0.2, -0.15) is 5.10 Å². The van der Waals surface area contributed by atoms with E-state index in [1.165, 1.54) is 55.6 Å². The molecule has 3 aromatic rings. The number of aromatic nitrogens is 2. The second-order valence-corrected chi connectivity index (χ2v) is 6.61. The number of aryl methyl sites for hydroxylation is 1. The molecular formula is C21H22F2N2O2. The maximum atomic E-state index is 13.5. The van der Waals surface area contributed by atoms with Crippen LogP contribution in [-0.2, 0) is 10.3 Å². The number of benzene rings is 2. The summed E-state index contributed by atoms with van der Waals surface area (Å²) in [7, 11) is 1.47. The zero-order valence-corrected chi connectivity index (χ0v) is 15.7. The first kappa shape index (κ1) is 19.2. The fraction of sp³-hybridized carbons (Fsp3) is 0.286. The molecule has 2 aromatic carbocycles. The second-order valence-electron chi connectivity index (χ2n) is 6.61. The van der Waals surface area contributed by atoms with E-state index in [4.69, 9.17) is 4.74 Å². The highest BCUT2D eigenvalue weighted by atomic mass is 19.1. The summed E-state index contributed by atoms with van der Waals surface area (Å²) in [5, 5.41) is 16.4. The predicted octanol–water partition coefficient (Wildman–Crippen LogP) is 4.17. The summed E-state index contributed by atoms with van der Waals surface area (Å²) < 4.78 is 34.2. The van der Waals surface area contributed by atoms with E-state index >= 15 is 0 Å². The zero-order chi connectivity index (χ0) is 19.8. The number of aliphatic hydroxyl groups is 1. The van der Waals surface area contributed by atoms with E-state index in [2.05, 4.69) is 5.10 Å². The van der Waals surface area contributed by atoms with E-state index in [1.54, 1.807) is 4.68 Å². The summed E-state index contributed by atoms with van der Waals surface area (Å²) in [6.07, 6.45) is -0.944. The molecular weight excluding hydrogens is 350 g/mol. The normalized spacial score (nSPS) is 13.0. The van der Waals surface area contributed by atoms with E-state index < -0.39 is 23.5 Å². The van der Waals surface area contributed by atoms with Crippen molar-refractivity contribution in [2.24, 2.45) is 0 Å². The minimum Gasteiger partial charge on any atom is -0.376 e. The first-order chi connectivity index (χ1) is 12.8. The van der Waals surface area contributed by atoms with Gasteiger partial charge in [0.05, 0.1) is 5.69 Å². The zero-order valence-electron chi connectivity index (χ0n) is 15.7. The molecule has 1 atom stereocenters. The van der Waals surface area contributed by atoms with Gasteiger partial charge in [0.1, 0.15) is 11.6 Å². The van der Waals surface area contributed by atoms with E-state index in [0.717, 1.165) is 17.0 Å². The van der Waals surface area contributed by atoms with Gasteiger partial charge in [0.15, 0.2) is 11.8 Å². The third-order valence-corrected chi connectivity index (χ3v) is 5.06. The summed E-state index contributed by atoms with van der Waals surface area (Å²) in [4.78, 5) is 0. The topological polar surface area (TPSA) is 47.3 Å². The Kier molecular flexibility index (Phi) is 5.13. The number of hydrogen-bond acceptors (Lipinski definition) is 3. The fourth-order valence-electron chi connectivity index (χ4n) is 3.28. The van der Waals surface area contributed by atoms with Crippen LogP contribution in [0.1, 0.15) is 34.3 Å². The first-order valence-corrected chi connectivity index (χ1v) is 8.58. The van der Waals surface area contributed by atoms with Gasteiger partial charge in [-0.1, -0.05) is 24.3 Å². The van der Waals surface area contributed by atoms with Gasteiger partial charge in [0, 0.05) is 12.8 Å². The highest BCUT2D eigenvalue weighted by molar-refractivity contribution is 5.38. The molecule has 1 N–H and O–H groups in total. The van der Waals surface area contributed by atoms with Crippen LogP contribution in [0, 0.1) is 32.4 Å². The van der Waals surface area contributed by atoms with E-state index in [-0.39, 0.29) is 0 Å². The molecule has 1 aromatic heterocycles. The molecule has 0 spiro atoms. The number of methoxy groups -OCH3 is 1. The lowest BCUT2D eigenvalue weighted by Gasteiger charge is -2.37. The molecule has 1 unspecified atom stereocenters. The van der Waals surface area contributed by atoms with Crippen LogP contribution in [0.15, 0.2) is 48.5 Å². The Morgan fingerprint density at radius 3 is 1.70 bits per heavy atom. The van der Waals surface area contributed by atoms with Crippen molar-refractivity contribution in [3.63, 3.8) is 0 Å². The lowest BCUT2D eigenvalue weighted by Crippen LogP contribution is -2.40. The Bertz CT molecular complexity index is 889. The Morgan fingerprint density at radius 1 is 0.926 bits per heavy atom. The quantitative estimate of drug-likeness (QED) is 0.731. The van der Waals surface area contributed by atoms with Crippen LogP contribution in [-0.4, -0.2) is 22.0 Å². The molecule has 6 heteroatoms. The van der Waals surface area contributed by atoms with Gasteiger partial charge in [-0.05, 0) is 61.7 Å². The van der Waals surface area contributed by atoms with Crippen molar-refractivity contribution in [3.8, 4) is 0 Å². The number of hydrogen-bond donors (Lipinski definition) is 1. The average molecular weight is 372 g/mol. The molecule has 0 aliphatic rings. The van der Waals surface area contributed by atoms with Gasteiger partial charge in [-0.15, -0.1) is 0 Å². The lowest BCUT2D eigenvalue weighted by molar-refractivity contribution is -0.120. The maximum absolute atomic E-state index is 13.5. The van der Waals surface area contributed by atoms with Crippen molar-refractivity contribution >= 4 is 0 Å². The Balaban J connectivity index is 2.25. The maximum Gasteiger partial charge on any atom is 0.186 e. The smallest absolute Gasteiger partial charge is 0.186 e. The van der Waals surface area contributed by atoms with E-state index in [9.17, 15) is 13.9 Å². The number of rotatable bonds is 5. The van der Waals surface area contributed by atoms with Crippen molar-refractivity contribution in [2.45, 2.75) is 32.6 Å². The van der Waals surface area contributed by atoms with Crippen LogP contribution in [0.25, 0.3) is 0 Å². The van der Waals surface area contributed by atoms with Crippen molar-refractivity contribution < 1.29 is 18.6 Å². The fourth-order valence-corrected chi connectivity index (χ4v) is 3.28. The summed E-state index contributed by atoms with van der Waals surface area (Å²) >= 11 is 0. The largest absolute Gasteiger partial charge is 0.376 e. The van der Waals surface area contributed by atoms with E-state index in [0.29, 0.717) is 11.1 Å². The molecule has 0 bridgehead atoms. The van der Waals surface area contributed by atoms with Crippen LogP contribution < -0.4 is 0 Å². The monoisotopic (exact) mass is 372 g/mol. The molecule has 0 aliphatic heterocycles. The van der Waals surface area contributed by atoms with Gasteiger partial charge in [0.2, 0.25) is 0 Å². The van der Waals surface area contributed by atoms with Gasteiger partial charge >= 0.3 is 0 Å². The Labute approximate surface area is 157 Å². The Morgan fingerprint density at radius 2 is 1.37 bits per heavy atom. The molecule has 0 amide bonds. The van der Waals surface area contributed by atoms with Crippen LogP contribution >= 0.6 is 0 Å². The molecule has 142 valence electrons. The lowest BCUT2D eigenvalue weighted by atomic mass is 9.84. The first-order valence-electron chi connectivity index (χ1n) is 8.58. The third kappa shape index (κ3) is 3.26. The SMILES string of the molecule is COC(n1nc(C)c(C)c1C)C(O)(c1ccc(F)cc1)c1ccc(F)cc1. The van der Waals surface area contributed by atoms with Crippen LogP contribution in [0.5, 0.6) is 0 Å². The third-order valence-electron chi connectivity index (χ3n) is 5.06. The minimum absolute atomic E-state index is 0.410. The molecule has 0 saturated carbocycles. The molecule has 0 aliphatic carbocycles.